The van der Waals surface area contributed by atoms with Gasteiger partial charge in [0, 0.05) is 50.9 Å². The molecule has 10 nitrogen and oxygen atoms in total. The lowest BCUT2D eigenvalue weighted by molar-refractivity contribution is -0.384. The second-order valence-electron chi connectivity index (χ2n) is 7.93. The van der Waals surface area contributed by atoms with Gasteiger partial charge in [-0.05, 0) is 25.3 Å². The second-order valence-corrected chi connectivity index (χ2v) is 7.93. The minimum Gasteiger partial charge on any atom is -0.378 e. The first-order valence-electron chi connectivity index (χ1n) is 10.9. The summed E-state index contributed by atoms with van der Waals surface area (Å²) in [5.41, 5.74) is 0.906. The first-order chi connectivity index (χ1) is 15.0. The molecule has 2 amide bonds. The number of likely N-dealkylation sites (tertiary alicyclic amines) is 1. The Labute approximate surface area is 182 Å². The molecule has 1 aromatic rings. The molecule has 0 atom stereocenters. The van der Waals surface area contributed by atoms with Crippen LogP contribution in [-0.2, 0) is 9.53 Å². The predicted molar refractivity (Wildman–Crippen MR) is 116 cm³/mol. The number of amides is 2. The van der Waals surface area contributed by atoms with Crippen LogP contribution in [0.4, 0.5) is 11.4 Å². The number of carbonyl (C=O) groups excluding carboxylic acids is 2. The standard InChI is InChI=1S/C21H31N5O5/c1-2-7-22-20(27)15-24-8-5-16(6-9-24)23-21(28)18-14-17(26(29)30)3-4-19(18)25-10-12-31-13-11-25/h3-4,14,16H,2,5-13,15H2,1H3,(H,22,27)(H,23,28). The lowest BCUT2D eigenvalue weighted by atomic mass is 10.0. The first-order valence-corrected chi connectivity index (χ1v) is 10.9. The Morgan fingerprint density at radius 2 is 1.90 bits per heavy atom. The summed E-state index contributed by atoms with van der Waals surface area (Å²) in [5.74, 6) is -0.277. The van der Waals surface area contributed by atoms with Crippen LogP contribution in [0.5, 0.6) is 0 Å². The van der Waals surface area contributed by atoms with E-state index in [-0.39, 0.29) is 23.5 Å². The van der Waals surface area contributed by atoms with Gasteiger partial charge in [0.25, 0.3) is 11.6 Å². The van der Waals surface area contributed by atoms with Crippen LogP contribution in [0.3, 0.4) is 0 Å². The molecule has 0 aromatic heterocycles. The lowest BCUT2D eigenvalue weighted by Crippen LogP contribution is -2.47. The molecule has 2 aliphatic rings. The fourth-order valence-corrected chi connectivity index (χ4v) is 3.92. The molecule has 0 radical (unpaired) electrons. The van der Waals surface area contributed by atoms with Gasteiger partial charge in [-0.15, -0.1) is 0 Å². The van der Waals surface area contributed by atoms with Crippen molar-refractivity contribution < 1.29 is 19.2 Å². The molecule has 0 saturated carbocycles. The van der Waals surface area contributed by atoms with Gasteiger partial charge in [-0.1, -0.05) is 6.92 Å². The van der Waals surface area contributed by atoms with Crippen molar-refractivity contribution in [3.05, 3.63) is 33.9 Å². The Bertz CT molecular complexity index is 788. The summed E-state index contributed by atoms with van der Waals surface area (Å²) < 4.78 is 5.38. The van der Waals surface area contributed by atoms with E-state index in [0.29, 0.717) is 50.6 Å². The van der Waals surface area contributed by atoms with Crippen LogP contribution in [-0.4, -0.2) is 80.2 Å². The Morgan fingerprint density at radius 3 is 2.55 bits per heavy atom. The highest BCUT2D eigenvalue weighted by Crippen LogP contribution is 2.27. The number of nitro groups is 1. The van der Waals surface area contributed by atoms with Crippen molar-refractivity contribution in [3.8, 4) is 0 Å². The largest absolute Gasteiger partial charge is 0.378 e. The zero-order valence-electron chi connectivity index (χ0n) is 18.0. The van der Waals surface area contributed by atoms with Crippen LogP contribution < -0.4 is 15.5 Å². The van der Waals surface area contributed by atoms with Crippen LogP contribution in [0, 0.1) is 10.1 Å². The van der Waals surface area contributed by atoms with Crippen LogP contribution in [0.25, 0.3) is 0 Å². The van der Waals surface area contributed by atoms with Gasteiger partial charge in [-0.3, -0.25) is 24.6 Å². The summed E-state index contributed by atoms with van der Waals surface area (Å²) in [6, 6.07) is 4.41. The molecule has 0 unspecified atom stereocenters. The molecule has 2 saturated heterocycles. The van der Waals surface area contributed by atoms with Crippen molar-refractivity contribution >= 4 is 23.2 Å². The number of piperidine rings is 1. The zero-order chi connectivity index (χ0) is 22.2. The first kappa shape index (κ1) is 23.0. The van der Waals surface area contributed by atoms with Crippen LogP contribution in [0.1, 0.15) is 36.5 Å². The number of rotatable bonds is 8. The van der Waals surface area contributed by atoms with Crippen LogP contribution in [0.15, 0.2) is 18.2 Å². The summed E-state index contributed by atoms with van der Waals surface area (Å²) in [7, 11) is 0. The van der Waals surface area contributed by atoms with Crippen molar-refractivity contribution in [2.45, 2.75) is 32.2 Å². The monoisotopic (exact) mass is 433 g/mol. The number of nitro benzene ring substituents is 1. The molecule has 2 N–H and O–H groups in total. The summed E-state index contributed by atoms with van der Waals surface area (Å²) in [6.45, 7) is 6.89. The molecular weight excluding hydrogens is 402 g/mol. The normalized spacial score (nSPS) is 17.9. The van der Waals surface area contributed by atoms with Gasteiger partial charge in [-0.25, -0.2) is 0 Å². The number of benzene rings is 1. The third kappa shape index (κ3) is 6.38. The molecule has 31 heavy (non-hydrogen) atoms. The van der Waals surface area contributed by atoms with E-state index in [1.165, 1.54) is 12.1 Å². The number of ether oxygens (including phenoxy) is 1. The Balaban J connectivity index is 1.61. The number of non-ortho nitro benzene ring substituents is 1. The number of morpholine rings is 1. The summed E-state index contributed by atoms with van der Waals surface area (Å²) in [6.07, 6.45) is 2.37. The van der Waals surface area contributed by atoms with Gasteiger partial charge in [0.2, 0.25) is 5.91 Å². The number of anilines is 1. The van der Waals surface area contributed by atoms with E-state index in [4.69, 9.17) is 4.74 Å². The highest BCUT2D eigenvalue weighted by Gasteiger charge is 2.26. The molecule has 2 heterocycles. The van der Waals surface area contributed by atoms with Crippen LogP contribution >= 0.6 is 0 Å². The molecule has 3 rings (SSSR count). The van der Waals surface area contributed by atoms with Crippen molar-refractivity contribution in [1.82, 2.24) is 15.5 Å². The topological polar surface area (TPSA) is 117 Å². The van der Waals surface area contributed by atoms with Crippen molar-refractivity contribution in [1.29, 1.82) is 0 Å². The maximum absolute atomic E-state index is 13.1. The molecule has 2 fully saturated rings. The Morgan fingerprint density at radius 1 is 1.19 bits per heavy atom. The van der Waals surface area contributed by atoms with E-state index in [1.807, 2.05) is 11.8 Å². The number of hydrogen-bond donors (Lipinski definition) is 2. The van der Waals surface area contributed by atoms with Gasteiger partial charge in [0.1, 0.15) is 0 Å². The Hall–Kier alpha value is -2.72. The SMILES string of the molecule is CCCNC(=O)CN1CCC(NC(=O)c2cc([N+](=O)[O-])ccc2N2CCOCC2)CC1. The minimum atomic E-state index is -0.484. The number of nitrogens with zero attached hydrogens (tertiary/aromatic N) is 3. The van der Waals surface area contributed by atoms with Crippen molar-refractivity contribution in [2.24, 2.45) is 0 Å². The Kier molecular flexibility index (Phi) is 8.19. The van der Waals surface area contributed by atoms with E-state index in [1.54, 1.807) is 6.07 Å². The van der Waals surface area contributed by atoms with Crippen LogP contribution in [0.2, 0.25) is 0 Å². The molecule has 0 aliphatic carbocycles. The highest BCUT2D eigenvalue weighted by atomic mass is 16.6. The lowest BCUT2D eigenvalue weighted by Gasteiger charge is -2.33. The van der Waals surface area contributed by atoms with E-state index in [9.17, 15) is 19.7 Å². The second kappa shape index (κ2) is 11.1. The van der Waals surface area contributed by atoms with Gasteiger partial charge < -0.3 is 20.3 Å². The van der Waals surface area contributed by atoms with Gasteiger partial charge >= 0.3 is 0 Å². The number of nitrogens with one attached hydrogen (secondary N) is 2. The molecule has 2 aliphatic heterocycles. The third-order valence-corrected chi connectivity index (χ3v) is 5.65. The highest BCUT2D eigenvalue weighted by molar-refractivity contribution is 6.00. The summed E-state index contributed by atoms with van der Waals surface area (Å²) >= 11 is 0. The molecule has 0 bridgehead atoms. The number of hydrogen-bond acceptors (Lipinski definition) is 7. The average Bonchev–Trinajstić information content (AvgIpc) is 2.79. The zero-order valence-corrected chi connectivity index (χ0v) is 18.0. The summed E-state index contributed by atoms with van der Waals surface area (Å²) in [5, 5.41) is 17.2. The van der Waals surface area contributed by atoms with E-state index in [0.717, 1.165) is 32.4 Å². The predicted octanol–water partition coefficient (Wildman–Crippen LogP) is 1.15. The maximum Gasteiger partial charge on any atom is 0.270 e. The fourth-order valence-electron chi connectivity index (χ4n) is 3.92. The third-order valence-electron chi connectivity index (χ3n) is 5.65. The fraction of sp³-hybridized carbons (Fsp3) is 0.619. The maximum atomic E-state index is 13.1. The number of carbonyl (C=O) groups is 2. The van der Waals surface area contributed by atoms with E-state index < -0.39 is 4.92 Å². The summed E-state index contributed by atoms with van der Waals surface area (Å²) in [4.78, 5) is 39.8. The van der Waals surface area contributed by atoms with Gasteiger partial charge in [0.15, 0.2) is 0 Å². The van der Waals surface area contributed by atoms with Crippen molar-refractivity contribution in [3.63, 3.8) is 0 Å². The molecule has 10 heteroatoms. The van der Waals surface area contributed by atoms with Gasteiger partial charge in [-0.2, -0.15) is 0 Å². The quantitative estimate of drug-likeness (QED) is 0.467. The minimum absolute atomic E-state index is 0.0242. The van der Waals surface area contributed by atoms with E-state index in [2.05, 4.69) is 15.5 Å². The molecule has 170 valence electrons. The molecular formula is C21H31N5O5. The van der Waals surface area contributed by atoms with Gasteiger partial charge in [0.05, 0.1) is 35.9 Å². The van der Waals surface area contributed by atoms with Crippen molar-refractivity contribution in [2.75, 3.05) is 57.4 Å². The average molecular weight is 434 g/mol. The van der Waals surface area contributed by atoms with E-state index >= 15 is 0 Å². The molecule has 1 aromatic carbocycles. The smallest absolute Gasteiger partial charge is 0.270 e. The molecule has 0 spiro atoms.